The number of ether oxygens (including phenoxy) is 3. The molecule has 2 aromatic carbocycles. The van der Waals surface area contributed by atoms with Crippen molar-refractivity contribution in [2.45, 2.75) is 26.2 Å². The van der Waals surface area contributed by atoms with Gasteiger partial charge in [0.1, 0.15) is 11.8 Å². The second-order valence-electron chi connectivity index (χ2n) is 5.99. The molecule has 0 aliphatic carbocycles. The molecular formula is C22H23NO4. The van der Waals surface area contributed by atoms with Crippen LogP contribution in [0.5, 0.6) is 17.2 Å². The molecule has 2 rings (SSSR count). The Balaban J connectivity index is 2.00. The van der Waals surface area contributed by atoms with Crippen LogP contribution >= 0.6 is 0 Å². The molecule has 27 heavy (non-hydrogen) atoms. The zero-order valence-corrected chi connectivity index (χ0v) is 15.8. The predicted octanol–water partition coefficient (Wildman–Crippen LogP) is 4.73. The fourth-order valence-corrected chi connectivity index (χ4v) is 2.43. The number of nitrogens with zero attached hydrogens (tertiary/aromatic N) is 1. The monoisotopic (exact) mass is 365 g/mol. The summed E-state index contributed by atoms with van der Waals surface area (Å²) in [5.74, 6) is 1.48. The van der Waals surface area contributed by atoms with E-state index < -0.39 is 5.97 Å². The van der Waals surface area contributed by atoms with Gasteiger partial charge < -0.3 is 14.2 Å². The highest BCUT2D eigenvalue weighted by Gasteiger charge is 2.07. The number of carbonyl (C=O) groups excluding carboxylic acids is 1. The molecule has 140 valence electrons. The maximum Gasteiger partial charge on any atom is 0.336 e. The molecule has 0 bridgehead atoms. The van der Waals surface area contributed by atoms with E-state index in [0.717, 1.165) is 12.0 Å². The van der Waals surface area contributed by atoms with E-state index in [0.29, 0.717) is 23.2 Å². The molecule has 5 heteroatoms. The van der Waals surface area contributed by atoms with Gasteiger partial charge in [-0.15, -0.1) is 0 Å². The molecule has 1 atom stereocenters. The SMILES string of the molecule is CC[C@H](C)c1ccc(OC(=O)/C=C/c2ccc(OCC#N)c(OC)c2)cc1. The molecule has 0 heterocycles. The highest BCUT2D eigenvalue weighted by Crippen LogP contribution is 2.28. The number of esters is 1. The van der Waals surface area contributed by atoms with Crippen molar-refractivity contribution in [3.63, 3.8) is 0 Å². The maximum absolute atomic E-state index is 12.0. The van der Waals surface area contributed by atoms with E-state index in [1.54, 1.807) is 36.4 Å². The van der Waals surface area contributed by atoms with Gasteiger partial charge in [0.2, 0.25) is 0 Å². The third kappa shape index (κ3) is 5.89. The van der Waals surface area contributed by atoms with Crippen molar-refractivity contribution < 1.29 is 19.0 Å². The van der Waals surface area contributed by atoms with Crippen LogP contribution in [0, 0.1) is 11.3 Å². The molecule has 0 N–H and O–H groups in total. The summed E-state index contributed by atoms with van der Waals surface area (Å²) in [6.07, 6.45) is 4.05. The average molecular weight is 365 g/mol. The molecular weight excluding hydrogens is 342 g/mol. The quantitative estimate of drug-likeness (QED) is 0.384. The molecule has 0 saturated carbocycles. The molecule has 5 nitrogen and oxygen atoms in total. The molecule has 0 fully saturated rings. The van der Waals surface area contributed by atoms with Crippen molar-refractivity contribution in [1.29, 1.82) is 5.26 Å². The molecule has 0 aliphatic rings. The first-order chi connectivity index (χ1) is 13.1. The van der Waals surface area contributed by atoms with Gasteiger partial charge in [0, 0.05) is 6.08 Å². The number of hydrogen-bond acceptors (Lipinski definition) is 5. The van der Waals surface area contributed by atoms with Gasteiger partial charge in [0.05, 0.1) is 7.11 Å². The van der Waals surface area contributed by atoms with E-state index in [4.69, 9.17) is 19.5 Å². The summed E-state index contributed by atoms with van der Waals surface area (Å²) in [6.45, 7) is 4.24. The van der Waals surface area contributed by atoms with Gasteiger partial charge in [0.25, 0.3) is 0 Å². The number of hydrogen-bond donors (Lipinski definition) is 0. The first-order valence-electron chi connectivity index (χ1n) is 8.75. The van der Waals surface area contributed by atoms with E-state index in [1.165, 1.54) is 18.7 Å². The number of carbonyl (C=O) groups is 1. The van der Waals surface area contributed by atoms with Crippen LogP contribution in [0.2, 0.25) is 0 Å². The van der Waals surface area contributed by atoms with Gasteiger partial charge in [-0.05, 0) is 53.8 Å². The summed E-state index contributed by atoms with van der Waals surface area (Å²) in [5, 5.41) is 8.59. The van der Waals surface area contributed by atoms with Crippen LogP contribution in [0.4, 0.5) is 0 Å². The predicted molar refractivity (Wildman–Crippen MR) is 104 cm³/mol. The van der Waals surface area contributed by atoms with Crippen molar-refractivity contribution in [3.8, 4) is 23.3 Å². The zero-order chi connectivity index (χ0) is 19.6. The van der Waals surface area contributed by atoms with Crippen molar-refractivity contribution in [1.82, 2.24) is 0 Å². The van der Waals surface area contributed by atoms with E-state index in [-0.39, 0.29) is 6.61 Å². The molecule has 0 amide bonds. The summed E-state index contributed by atoms with van der Waals surface area (Å²) in [7, 11) is 1.51. The number of rotatable bonds is 8. The third-order valence-corrected chi connectivity index (χ3v) is 4.17. The van der Waals surface area contributed by atoms with E-state index >= 15 is 0 Å². The normalized spacial score (nSPS) is 11.6. The average Bonchev–Trinajstić information content (AvgIpc) is 2.70. The zero-order valence-electron chi connectivity index (χ0n) is 15.8. The second-order valence-corrected chi connectivity index (χ2v) is 5.99. The van der Waals surface area contributed by atoms with Crippen LogP contribution in [0.15, 0.2) is 48.5 Å². The fraction of sp³-hybridized carbons (Fsp3) is 0.273. The van der Waals surface area contributed by atoms with E-state index in [2.05, 4.69) is 13.8 Å². The lowest BCUT2D eigenvalue weighted by atomic mass is 9.99. The molecule has 0 unspecified atom stereocenters. The minimum atomic E-state index is -0.463. The first kappa shape index (κ1) is 20.1. The molecule has 0 aromatic heterocycles. The topological polar surface area (TPSA) is 68.5 Å². The summed E-state index contributed by atoms with van der Waals surface area (Å²) < 4.78 is 15.8. The van der Waals surface area contributed by atoms with Crippen molar-refractivity contribution in [2.75, 3.05) is 13.7 Å². The van der Waals surface area contributed by atoms with Crippen LogP contribution in [-0.4, -0.2) is 19.7 Å². The van der Waals surface area contributed by atoms with Gasteiger partial charge in [-0.3, -0.25) is 0 Å². The Morgan fingerprint density at radius 1 is 1.19 bits per heavy atom. The Labute approximate surface area is 159 Å². The summed E-state index contributed by atoms with van der Waals surface area (Å²) >= 11 is 0. The lowest BCUT2D eigenvalue weighted by molar-refractivity contribution is -0.128. The molecule has 2 aromatic rings. The molecule has 0 radical (unpaired) electrons. The van der Waals surface area contributed by atoms with Gasteiger partial charge >= 0.3 is 5.97 Å². The van der Waals surface area contributed by atoms with Crippen molar-refractivity contribution >= 4 is 12.0 Å². The smallest absolute Gasteiger partial charge is 0.336 e. The standard InChI is InChI=1S/C22H23NO4/c1-4-16(2)18-7-9-19(10-8-18)27-22(24)12-6-17-5-11-20(26-14-13-23)21(15-17)25-3/h5-12,15-16H,4,14H2,1-3H3/b12-6+/t16-/m0/s1. The Kier molecular flexibility index (Phi) is 7.45. The van der Waals surface area contributed by atoms with Crippen LogP contribution in [0.1, 0.15) is 37.3 Å². The largest absolute Gasteiger partial charge is 0.493 e. The summed E-state index contributed by atoms with van der Waals surface area (Å²) in [5.41, 5.74) is 1.97. The van der Waals surface area contributed by atoms with Crippen LogP contribution in [0.25, 0.3) is 6.08 Å². The molecule has 0 saturated heterocycles. The maximum atomic E-state index is 12.0. The Morgan fingerprint density at radius 3 is 2.56 bits per heavy atom. The minimum absolute atomic E-state index is 0.0618. The first-order valence-corrected chi connectivity index (χ1v) is 8.75. The minimum Gasteiger partial charge on any atom is -0.493 e. The lowest BCUT2D eigenvalue weighted by Gasteiger charge is -2.09. The van der Waals surface area contributed by atoms with E-state index in [9.17, 15) is 4.79 Å². The summed E-state index contributed by atoms with van der Waals surface area (Å²) in [4.78, 5) is 12.0. The van der Waals surface area contributed by atoms with Crippen LogP contribution in [0.3, 0.4) is 0 Å². The third-order valence-electron chi connectivity index (χ3n) is 4.17. The van der Waals surface area contributed by atoms with Crippen molar-refractivity contribution in [2.24, 2.45) is 0 Å². The fourth-order valence-electron chi connectivity index (χ4n) is 2.43. The number of benzene rings is 2. The highest BCUT2D eigenvalue weighted by atomic mass is 16.5. The van der Waals surface area contributed by atoms with Gasteiger partial charge in [-0.2, -0.15) is 5.26 Å². The Morgan fingerprint density at radius 2 is 1.93 bits per heavy atom. The lowest BCUT2D eigenvalue weighted by Crippen LogP contribution is -2.04. The highest BCUT2D eigenvalue weighted by molar-refractivity contribution is 5.88. The van der Waals surface area contributed by atoms with Crippen molar-refractivity contribution in [3.05, 3.63) is 59.7 Å². The number of methoxy groups -OCH3 is 1. The van der Waals surface area contributed by atoms with Gasteiger partial charge in [-0.25, -0.2) is 4.79 Å². The molecule has 0 spiro atoms. The second kappa shape index (κ2) is 10.0. The Hall–Kier alpha value is -3.26. The summed E-state index contributed by atoms with van der Waals surface area (Å²) in [6, 6.07) is 14.6. The number of nitriles is 1. The van der Waals surface area contributed by atoms with E-state index in [1.807, 2.05) is 18.2 Å². The van der Waals surface area contributed by atoms with Gasteiger partial charge in [0.15, 0.2) is 18.1 Å². The molecule has 0 aliphatic heterocycles. The Bertz CT molecular complexity index is 834. The van der Waals surface area contributed by atoms with Crippen LogP contribution < -0.4 is 14.2 Å². The van der Waals surface area contributed by atoms with Gasteiger partial charge in [-0.1, -0.05) is 32.0 Å². The van der Waals surface area contributed by atoms with Crippen LogP contribution in [-0.2, 0) is 4.79 Å².